The number of imidazole rings is 1. The lowest BCUT2D eigenvalue weighted by Crippen LogP contribution is -2.37. The van der Waals surface area contributed by atoms with Gasteiger partial charge in [-0.15, -0.1) is 0 Å². The van der Waals surface area contributed by atoms with Crippen LogP contribution in [-0.4, -0.2) is 32.9 Å². The summed E-state index contributed by atoms with van der Waals surface area (Å²) >= 11 is 0. The van der Waals surface area contributed by atoms with E-state index in [1.54, 1.807) is 6.92 Å². The highest BCUT2D eigenvalue weighted by molar-refractivity contribution is 7.91. The van der Waals surface area contributed by atoms with Gasteiger partial charge in [-0.25, -0.2) is 13.2 Å². The van der Waals surface area contributed by atoms with Crippen LogP contribution in [0.15, 0.2) is 14.7 Å². The SMILES string of the molecule is CCn1c(S(=O)(=O)CC)nc2c1c(=O)n(C)c(=O)n2C. The van der Waals surface area contributed by atoms with E-state index in [9.17, 15) is 18.0 Å². The zero-order valence-electron chi connectivity index (χ0n) is 11.7. The zero-order valence-corrected chi connectivity index (χ0v) is 12.6. The van der Waals surface area contributed by atoms with Crippen LogP contribution >= 0.6 is 0 Å². The van der Waals surface area contributed by atoms with Gasteiger partial charge in [0, 0.05) is 20.6 Å². The predicted molar refractivity (Wildman–Crippen MR) is 73.6 cm³/mol. The highest BCUT2D eigenvalue weighted by Crippen LogP contribution is 2.16. The van der Waals surface area contributed by atoms with Crippen LogP contribution in [0, 0.1) is 0 Å². The molecule has 0 atom stereocenters. The summed E-state index contributed by atoms with van der Waals surface area (Å²) < 4.78 is 27.6. The van der Waals surface area contributed by atoms with Crippen LogP contribution in [0.25, 0.3) is 11.2 Å². The molecule has 110 valence electrons. The average Bonchev–Trinajstić information content (AvgIpc) is 2.83. The van der Waals surface area contributed by atoms with E-state index in [2.05, 4.69) is 4.98 Å². The topological polar surface area (TPSA) is 96.0 Å². The number of hydrogen-bond acceptors (Lipinski definition) is 5. The molecule has 0 N–H and O–H groups in total. The fraction of sp³-hybridized carbons (Fsp3) is 0.545. The molecule has 9 heteroatoms. The Morgan fingerprint density at radius 3 is 2.20 bits per heavy atom. The van der Waals surface area contributed by atoms with Gasteiger partial charge in [-0.2, -0.15) is 4.98 Å². The van der Waals surface area contributed by atoms with Crippen LogP contribution < -0.4 is 11.2 Å². The lowest BCUT2D eigenvalue weighted by molar-refractivity contribution is 0.573. The van der Waals surface area contributed by atoms with Gasteiger partial charge in [-0.1, -0.05) is 6.92 Å². The summed E-state index contributed by atoms with van der Waals surface area (Å²) in [5, 5.41) is -0.171. The van der Waals surface area contributed by atoms with Crippen molar-refractivity contribution in [2.24, 2.45) is 14.1 Å². The second-order valence-electron chi connectivity index (χ2n) is 4.42. The van der Waals surface area contributed by atoms with Crippen molar-refractivity contribution in [3.8, 4) is 0 Å². The third kappa shape index (κ3) is 1.80. The van der Waals surface area contributed by atoms with Gasteiger partial charge in [0.05, 0.1) is 5.75 Å². The molecule has 0 amide bonds. The molecule has 0 aromatic carbocycles. The van der Waals surface area contributed by atoms with Gasteiger partial charge >= 0.3 is 5.69 Å². The lowest BCUT2D eigenvalue weighted by Gasteiger charge is -2.06. The first kappa shape index (κ1) is 14.5. The summed E-state index contributed by atoms with van der Waals surface area (Å²) in [7, 11) is -0.764. The van der Waals surface area contributed by atoms with Crippen LogP contribution in [0.3, 0.4) is 0 Å². The normalized spacial score (nSPS) is 12.2. The third-order valence-electron chi connectivity index (χ3n) is 3.29. The summed E-state index contributed by atoms with van der Waals surface area (Å²) in [5.41, 5.74) is -0.866. The molecule has 0 bridgehead atoms. The third-order valence-corrected chi connectivity index (χ3v) is 4.92. The van der Waals surface area contributed by atoms with Gasteiger partial charge in [0.1, 0.15) is 0 Å². The summed E-state index contributed by atoms with van der Waals surface area (Å²) in [6.45, 7) is 3.50. The number of aromatic nitrogens is 4. The molecule has 2 rings (SSSR count). The molecule has 0 saturated carbocycles. The van der Waals surface area contributed by atoms with Gasteiger partial charge in [0.25, 0.3) is 5.56 Å². The smallest absolute Gasteiger partial charge is 0.309 e. The summed E-state index contributed by atoms with van der Waals surface area (Å²) in [6, 6.07) is 0. The van der Waals surface area contributed by atoms with E-state index in [-0.39, 0.29) is 28.6 Å². The van der Waals surface area contributed by atoms with Gasteiger partial charge in [-0.3, -0.25) is 13.9 Å². The van der Waals surface area contributed by atoms with Crippen molar-refractivity contribution in [1.29, 1.82) is 0 Å². The highest BCUT2D eigenvalue weighted by Gasteiger charge is 2.25. The molecule has 20 heavy (non-hydrogen) atoms. The monoisotopic (exact) mass is 300 g/mol. The standard InChI is InChI=1S/C11H16N4O4S/c1-5-15-7-8(12-10(15)20(18,19)6-2)13(3)11(17)14(4)9(7)16/h5-6H2,1-4H3. The van der Waals surface area contributed by atoms with Gasteiger partial charge in [-0.05, 0) is 6.92 Å². The molecule has 0 saturated heterocycles. The number of nitrogens with zero attached hydrogens (tertiary/aromatic N) is 4. The first-order valence-electron chi connectivity index (χ1n) is 6.15. The van der Waals surface area contributed by atoms with Crippen LogP contribution in [0.4, 0.5) is 0 Å². The minimum Gasteiger partial charge on any atom is -0.309 e. The lowest BCUT2D eigenvalue weighted by atomic mass is 10.5. The van der Waals surface area contributed by atoms with E-state index in [4.69, 9.17) is 0 Å². The second-order valence-corrected chi connectivity index (χ2v) is 6.59. The molecule has 0 aliphatic rings. The van der Waals surface area contributed by atoms with Crippen molar-refractivity contribution >= 4 is 21.0 Å². The molecular formula is C11H16N4O4S. The van der Waals surface area contributed by atoms with Gasteiger partial charge < -0.3 is 4.57 Å². The van der Waals surface area contributed by atoms with Crippen molar-refractivity contribution in [2.75, 3.05) is 5.75 Å². The highest BCUT2D eigenvalue weighted by atomic mass is 32.2. The Morgan fingerprint density at radius 1 is 1.10 bits per heavy atom. The molecule has 8 nitrogen and oxygen atoms in total. The molecule has 0 spiro atoms. The molecule has 0 aliphatic carbocycles. The number of hydrogen-bond donors (Lipinski definition) is 0. The molecule has 0 aliphatic heterocycles. The predicted octanol–water partition coefficient (Wildman–Crippen LogP) is -0.753. The largest absolute Gasteiger partial charge is 0.332 e. The van der Waals surface area contributed by atoms with Crippen molar-refractivity contribution in [1.82, 2.24) is 18.7 Å². The minimum absolute atomic E-state index is 0.0898. The maximum absolute atomic E-state index is 12.2. The van der Waals surface area contributed by atoms with E-state index >= 15 is 0 Å². The maximum Gasteiger partial charge on any atom is 0.332 e. The molecule has 0 unspecified atom stereocenters. The Bertz CT molecular complexity index is 901. The Balaban J connectivity index is 3.13. The molecular weight excluding hydrogens is 284 g/mol. The van der Waals surface area contributed by atoms with Gasteiger partial charge in [0.15, 0.2) is 11.2 Å². The second kappa shape index (κ2) is 4.58. The average molecular weight is 300 g/mol. The van der Waals surface area contributed by atoms with Crippen LogP contribution in [0.2, 0.25) is 0 Å². The van der Waals surface area contributed by atoms with E-state index in [1.807, 2.05) is 0 Å². The van der Waals surface area contributed by atoms with E-state index in [0.717, 1.165) is 4.57 Å². The van der Waals surface area contributed by atoms with E-state index in [1.165, 1.54) is 30.2 Å². The quantitative estimate of drug-likeness (QED) is 0.743. The Labute approximate surface area is 115 Å². The first-order chi connectivity index (χ1) is 9.26. The fourth-order valence-corrected chi connectivity index (χ4v) is 3.13. The summed E-state index contributed by atoms with van der Waals surface area (Å²) in [6.07, 6.45) is 0. The number of sulfone groups is 1. The number of rotatable bonds is 3. The molecule has 2 aromatic heterocycles. The molecule has 0 radical (unpaired) electrons. The Morgan fingerprint density at radius 2 is 1.70 bits per heavy atom. The first-order valence-corrected chi connectivity index (χ1v) is 7.80. The van der Waals surface area contributed by atoms with Crippen molar-refractivity contribution < 1.29 is 8.42 Å². The number of aryl methyl sites for hydroxylation is 2. The van der Waals surface area contributed by atoms with Gasteiger partial charge in [0.2, 0.25) is 15.0 Å². The number of fused-ring (bicyclic) bond motifs is 1. The maximum atomic E-state index is 12.2. The van der Waals surface area contributed by atoms with Crippen LogP contribution in [0.5, 0.6) is 0 Å². The Kier molecular flexibility index (Phi) is 3.32. The zero-order chi connectivity index (χ0) is 15.2. The van der Waals surface area contributed by atoms with Crippen molar-refractivity contribution in [3.63, 3.8) is 0 Å². The molecule has 2 heterocycles. The molecule has 2 aromatic rings. The summed E-state index contributed by atoms with van der Waals surface area (Å²) in [5.74, 6) is -0.120. The van der Waals surface area contributed by atoms with Crippen LogP contribution in [-0.2, 0) is 30.5 Å². The Hall–Kier alpha value is -1.90. The molecule has 0 fully saturated rings. The van der Waals surface area contributed by atoms with Crippen molar-refractivity contribution in [2.45, 2.75) is 25.5 Å². The minimum atomic E-state index is -3.57. The van der Waals surface area contributed by atoms with Crippen molar-refractivity contribution in [3.05, 3.63) is 20.8 Å². The van der Waals surface area contributed by atoms with E-state index < -0.39 is 21.1 Å². The van der Waals surface area contributed by atoms with E-state index in [0.29, 0.717) is 0 Å². The summed E-state index contributed by atoms with van der Waals surface area (Å²) in [4.78, 5) is 28.1. The van der Waals surface area contributed by atoms with Crippen LogP contribution in [0.1, 0.15) is 13.8 Å². The fourth-order valence-electron chi connectivity index (χ4n) is 2.09.